The van der Waals surface area contributed by atoms with Crippen LogP contribution in [-0.2, 0) is 9.53 Å². The Hall–Kier alpha value is -0.610. The van der Waals surface area contributed by atoms with Crippen LogP contribution in [0.3, 0.4) is 0 Å². The van der Waals surface area contributed by atoms with Gasteiger partial charge in [0, 0.05) is 12.6 Å². The van der Waals surface area contributed by atoms with Crippen LogP contribution in [0.15, 0.2) is 0 Å². The molecule has 0 spiro atoms. The Labute approximate surface area is 116 Å². The summed E-state index contributed by atoms with van der Waals surface area (Å²) in [7, 11) is 0. The number of rotatable bonds is 6. The zero-order chi connectivity index (χ0) is 13.7. The molecule has 0 unspecified atom stereocenters. The van der Waals surface area contributed by atoms with Crippen LogP contribution < -0.4 is 10.6 Å². The van der Waals surface area contributed by atoms with E-state index in [-0.39, 0.29) is 11.3 Å². The summed E-state index contributed by atoms with van der Waals surface area (Å²) >= 11 is 0. The van der Waals surface area contributed by atoms with E-state index in [0.717, 1.165) is 58.2 Å². The molecule has 2 N–H and O–H groups in total. The zero-order valence-corrected chi connectivity index (χ0v) is 12.3. The van der Waals surface area contributed by atoms with Crippen LogP contribution in [-0.4, -0.2) is 37.7 Å². The number of nitrogens with one attached hydrogen (secondary N) is 2. The van der Waals surface area contributed by atoms with Crippen LogP contribution in [0.2, 0.25) is 0 Å². The molecular formula is C15H28N2O2. The van der Waals surface area contributed by atoms with Gasteiger partial charge in [0.1, 0.15) is 0 Å². The van der Waals surface area contributed by atoms with Crippen molar-refractivity contribution < 1.29 is 9.53 Å². The molecule has 0 radical (unpaired) electrons. The van der Waals surface area contributed by atoms with E-state index in [1.165, 1.54) is 0 Å². The van der Waals surface area contributed by atoms with Crippen molar-refractivity contribution in [2.75, 3.05) is 19.7 Å². The summed E-state index contributed by atoms with van der Waals surface area (Å²) in [5, 5.41) is 6.61. The lowest BCUT2D eigenvalue weighted by Gasteiger charge is -2.41. The zero-order valence-electron chi connectivity index (χ0n) is 12.3. The first-order valence-electron chi connectivity index (χ1n) is 7.83. The van der Waals surface area contributed by atoms with Gasteiger partial charge in [0.05, 0.1) is 11.5 Å². The van der Waals surface area contributed by atoms with E-state index < -0.39 is 0 Å². The van der Waals surface area contributed by atoms with Gasteiger partial charge in [-0.05, 0) is 52.1 Å². The largest absolute Gasteiger partial charge is 0.378 e. The number of carbonyl (C=O) groups is 1. The van der Waals surface area contributed by atoms with Crippen LogP contribution in [0.5, 0.6) is 0 Å². The lowest BCUT2D eigenvalue weighted by atomic mass is 9.74. The predicted octanol–water partition coefficient (Wildman–Crippen LogP) is 1.84. The van der Waals surface area contributed by atoms with Gasteiger partial charge in [-0.1, -0.05) is 13.3 Å². The quantitative estimate of drug-likeness (QED) is 0.773. The molecule has 2 aliphatic rings. The fraction of sp³-hybridized carbons (Fsp3) is 0.933. The summed E-state index contributed by atoms with van der Waals surface area (Å²) in [6.07, 6.45) is 6.40. The van der Waals surface area contributed by atoms with Gasteiger partial charge in [-0.25, -0.2) is 0 Å². The highest BCUT2D eigenvalue weighted by atomic mass is 16.5. The van der Waals surface area contributed by atoms with E-state index in [9.17, 15) is 4.79 Å². The number of carbonyl (C=O) groups excluding carboxylic acids is 1. The summed E-state index contributed by atoms with van der Waals surface area (Å²) in [6, 6.07) is 0.340. The van der Waals surface area contributed by atoms with Gasteiger partial charge in [-0.2, -0.15) is 0 Å². The van der Waals surface area contributed by atoms with Crippen LogP contribution in [0.25, 0.3) is 0 Å². The minimum absolute atomic E-state index is 0.114. The third kappa shape index (κ3) is 3.48. The molecule has 0 aromatic heterocycles. The van der Waals surface area contributed by atoms with E-state index in [2.05, 4.69) is 17.6 Å². The number of piperidine rings is 1. The molecule has 0 aromatic carbocycles. The lowest BCUT2D eigenvalue weighted by Crippen LogP contribution is -2.54. The number of hydrogen-bond donors (Lipinski definition) is 2. The molecule has 4 nitrogen and oxygen atoms in total. The Bertz CT molecular complexity index is 289. The van der Waals surface area contributed by atoms with Crippen molar-refractivity contribution in [3.05, 3.63) is 0 Å². The second kappa shape index (κ2) is 6.71. The molecule has 0 aromatic rings. The molecule has 1 aliphatic carbocycles. The minimum Gasteiger partial charge on any atom is -0.378 e. The Balaban J connectivity index is 1.83. The van der Waals surface area contributed by atoms with E-state index in [4.69, 9.17) is 4.74 Å². The van der Waals surface area contributed by atoms with Gasteiger partial charge < -0.3 is 15.4 Å². The molecule has 2 fully saturated rings. The number of amides is 1. The smallest absolute Gasteiger partial charge is 0.226 e. The molecule has 110 valence electrons. The maximum atomic E-state index is 12.6. The van der Waals surface area contributed by atoms with Crippen molar-refractivity contribution in [2.45, 2.75) is 64.5 Å². The average molecular weight is 268 g/mol. The summed E-state index contributed by atoms with van der Waals surface area (Å²) in [5.74, 6) is 0.288. The van der Waals surface area contributed by atoms with Crippen LogP contribution in [0.1, 0.15) is 52.4 Å². The molecule has 0 atom stereocenters. The molecule has 4 heteroatoms. The van der Waals surface area contributed by atoms with Crippen molar-refractivity contribution in [3.63, 3.8) is 0 Å². The Morgan fingerprint density at radius 1 is 1.32 bits per heavy atom. The van der Waals surface area contributed by atoms with Crippen molar-refractivity contribution in [1.82, 2.24) is 10.6 Å². The van der Waals surface area contributed by atoms with Gasteiger partial charge in [0.25, 0.3) is 0 Å². The number of hydrogen-bond acceptors (Lipinski definition) is 3. The lowest BCUT2D eigenvalue weighted by molar-refractivity contribution is -0.135. The average Bonchev–Trinajstić information content (AvgIpc) is 2.37. The molecule has 1 amide bonds. The first kappa shape index (κ1) is 14.8. The second-order valence-electron chi connectivity index (χ2n) is 6.00. The Morgan fingerprint density at radius 3 is 2.58 bits per heavy atom. The molecule has 1 aliphatic heterocycles. The fourth-order valence-corrected chi connectivity index (χ4v) is 3.37. The number of ether oxygens (including phenoxy) is 1. The van der Waals surface area contributed by atoms with Crippen molar-refractivity contribution in [3.8, 4) is 0 Å². The summed E-state index contributed by atoms with van der Waals surface area (Å²) in [6.45, 7) is 6.92. The summed E-state index contributed by atoms with van der Waals surface area (Å²) in [5.41, 5.74) is -0.114. The van der Waals surface area contributed by atoms with Crippen LogP contribution >= 0.6 is 0 Å². The van der Waals surface area contributed by atoms with Crippen molar-refractivity contribution >= 4 is 5.91 Å². The first-order chi connectivity index (χ1) is 9.20. The van der Waals surface area contributed by atoms with Crippen molar-refractivity contribution in [2.24, 2.45) is 5.41 Å². The maximum Gasteiger partial charge on any atom is 0.226 e. The first-order valence-corrected chi connectivity index (χ1v) is 7.83. The topological polar surface area (TPSA) is 50.4 Å². The predicted molar refractivity (Wildman–Crippen MR) is 76.0 cm³/mol. The monoisotopic (exact) mass is 268 g/mol. The normalized spacial score (nSPS) is 29.6. The SMILES string of the molecule is CCCC1(C(=O)NC2CC(OCC)C2)CCNCC1. The van der Waals surface area contributed by atoms with Gasteiger partial charge in [0.15, 0.2) is 0 Å². The summed E-state index contributed by atoms with van der Waals surface area (Å²) in [4.78, 5) is 12.6. The minimum atomic E-state index is -0.114. The third-order valence-electron chi connectivity index (χ3n) is 4.60. The molecular weight excluding hydrogens is 240 g/mol. The van der Waals surface area contributed by atoms with Gasteiger partial charge in [0.2, 0.25) is 5.91 Å². The van der Waals surface area contributed by atoms with E-state index in [1.807, 2.05) is 6.92 Å². The van der Waals surface area contributed by atoms with E-state index >= 15 is 0 Å². The highest BCUT2D eigenvalue weighted by Gasteiger charge is 2.41. The molecule has 2 rings (SSSR count). The second-order valence-corrected chi connectivity index (χ2v) is 6.00. The highest BCUT2D eigenvalue weighted by molar-refractivity contribution is 5.83. The molecule has 0 bridgehead atoms. The summed E-state index contributed by atoms with van der Waals surface area (Å²) < 4.78 is 5.55. The third-order valence-corrected chi connectivity index (χ3v) is 4.60. The molecule has 1 heterocycles. The standard InChI is InChI=1S/C15H28N2O2/c1-3-5-15(6-8-16-9-7-15)14(18)17-12-10-13(11-12)19-4-2/h12-13,16H,3-11H2,1-2H3,(H,17,18). The van der Waals surface area contributed by atoms with E-state index in [1.54, 1.807) is 0 Å². The molecule has 1 saturated heterocycles. The Morgan fingerprint density at radius 2 is 2.00 bits per heavy atom. The van der Waals surface area contributed by atoms with Crippen molar-refractivity contribution in [1.29, 1.82) is 0 Å². The maximum absolute atomic E-state index is 12.6. The van der Waals surface area contributed by atoms with Gasteiger partial charge in [-0.15, -0.1) is 0 Å². The van der Waals surface area contributed by atoms with Crippen LogP contribution in [0, 0.1) is 5.41 Å². The van der Waals surface area contributed by atoms with Gasteiger partial charge in [-0.3, -0.25) is 4.79 Å². The van der Waals surface area contributed by atoms with Crippen LogP contribution in [0.4, 0.5) is 0 Å². The Kier molecular flexibility index (Phi) is 5.22. The molecule has 1 saturated carbocycles. The van der Waals surface area contributed by atoms with E-state index in [0.29, 0.717) is 12.1 Å². The molecule has 19 heavy (non-hydrogen) atoms. The van der Waals surface area contributed by atoms with Gasteiger partial charge >= 0.3 is 0 Å². The highest BCUT2D eigenvalue weighted by Crippen LogP contribution is 2.35. The fourth-order valence-electron chi connectivity index (χ4n) is 3.37.